The molecule has 1 aliphatic rings. The Bertz CT molecular complexity index is 468. The number of nitrogens with zero attached hydrogens (tertiary/aromatic N) is 1. The van der Waals surface area contributed by atoms with Crippen molar-refractivity contribution in [3.8, 4) is 5.75 Å². The standard InChI is InChI=1S/C14H18N2O3/c1-19-12-7-5-6-11(10-12)15-13(17)14(18)16-8-3-2-4-9-16/h5-7,10H,2-4,8-9H2,1H3,(H,15,17). The van der Waals surface area contributed by atoms with Gasteiger partial charge in [-0.25, -0.2) is 0 Å². The van der Waals surface area contributed by atoms with E-state index in [4.69, 9.17) is 4.74 Å². The van der Waals surface area contributed by atoms with Crippen LogP contribution in [0.1, 0.15) is 19.3 Å². The van der Waals surface area contributed by atoms with Gasteiger partial charge in [-0.05, 0) is 31.4 Å². The second-order valence-electron chi connectivity index (χ2n) is 4.54. The van der Waals surface area contributed by atoms with Gasteiger partial charge in [0.2, 0.25) is 0 Å². The van der Waals surface area contributed by atoms with Gasteiger partial charge in [0.05, 0.1) is 7.11 Å². The molecule has 1 fully saturated rings. The first kappa shape index (κ1) is 13.4. The quantitative estimate of drug-likeness (QED) is 0.824. The number of amides is 2. The summed E-state index contributed by atoms with van der Waals surface area (Å²) in [5, 5.41) is 2.60. The fourth-order valence-electron chi connectivity index (χ4n) is 2.13. The summed E-state index contributed by atoms with van der Waals surface area (Å²) in [6.07, 6.45) is 3.07. The van der Waals surface area contributed by atoms with Crippen LogP contribution in [0.25, 0.3) is 0 Å². The summed E-state index contributed by atoms with van der Waals surface area (Å²) in [6, 6.07) is 6.95. The van der Waals surface area contributed by atoms with Gasteiger partial charge in [0, 0.05) is 24.8 Å². The van der Waals surface area contributed by atoms with Gasteiger partial charge in [-0.3, -0.25) is 9.59 Å². The highest BCUT2D eigenvalue weighted by Crippen LogP contribution is 2.17. The van der Waals surface area contributed by atoms with Gasteiger partial charge >= 0.3 is 11.8 Å². The number of piperidine rings is 1. The Balaban J connectivity index is 1.97. The molecular formula is C14H18N2O3. The maximum absolute atomic E-state index is 11.9. The number of hydrogen-bond donors (Lipinski definition) is 1. The molecule has 0 radical (unpaired) electrons. The maximum atomic E-state index is 11.9. The molecule has 0 aliphatic carbocycles. The van der Waals surface area contributed by atoms with Crippen LogP contribution in [0.15, 0.2) is 24.3 Å². The Kier molecular flexibility index (Phi) is 4.39. The number of benzene rings is 1. The van der Waals surface area contributed by atoms with Gasteiger partial charge in [-0.1, -0.05) is 6.07 Å². The molecule has 1 aliphatic heterocycles. The van der Waals surface area contributed by atoms with Crippen LogP contribution < -0.4 is 10.1 Å². The predicted molar refractivity (Wildman–Crippen MR) is 72.1 cm³/mol. The third kappa shape index (κ3) is 3.47. The van der Waals surface area contributed by atoms with E-state index in [0.717, 1.165) is 19.3 Å². The average Bonchev–Trinajstić information content (AvgIpc) is 2.47. The summed E-state index contributed by atoms with van der Waals surface area (Å²) < 4.78 is 5.07. The number of carbonyl (C=O) groups is 2. The lowest BCUT2D eigenvalue weighted by atomic mass is 10.1. The molecule has 0 spiro atoms. The van der Waals surface area contributed by atoms with Crippen molar-refractivity contribution >= 4 is 17.5 Å². The molecule has 2 rings (SSSR count). The first-order valence-electron chi connectivity index (χ1n) is 6.45. The van der Waals surface area contributed by atoms with Crippen molar-refractivity contribution in [2.75, 3.05) is 25.5 Å². The number of methoxy groups -OCH3 is 1. The minimum Gasteiger partial charge on any atom is -0.497 e. The van der Waals surface area contributed by atoms with E-state index in [9.17, 15) is 9.59 Å². The second-order valence-corrected chi connectivity index (χ2v) is 4.54. The summed E-state index contributed by atoms with van der Waals surface area (Å²) in [6.45, 7) is 1.34. The molecule has 19 heavy (non-hydrogen) atoms. The zero-order valence-electron chi connectivity index (χ0n) is 11.0. The van der Waals surface area contributed by atoms with Crippen molar-refractivity contribution in [2.24, 2.45) is 0 Å². The van der Waals surface area contributed by atoms with Crippen LogP contribution in [0.4, 0.5) is 5.69 Å². The molecule has 0 atom stereocenters. The molecule has 2 amide bonds. The Labute approximate surface area is 112 Å². The van der Waals surface area contributed by atoms with Crippen molar-refractivity contribution in [1.29, 1.82) is 0 Å². The van der Waals surface area contributed by atoms with Gasteiger partial charge < -0.3 is 15.0 Å². The maximum Gasteiger partial charge on any atom is 0.313 e. The Morgan fingerprint density at radius 1 is 1.21 bits per heavy atom. The first-order chi connectivity index (χ1) is 9.20. The SMILES string of the molecule is COc1cccc(NC(=O)C(=O)N2CCCCC2)c1. The summed E-state index contributed by atoms with van der Waals surface area (Å²) >= 11 is 0. The Morgan fingerprint density at radius 3 is 2.63 bits per heavy atom. The second kappa shape index (κ2) is 6.22. The van der Waals surface area contributed by atoms with Gasteiger partial charge in [-0.15, -0.1) is 0 Å². The molecule has 0 unspecified atom stereocenters. The average molecular weight is 262 g/mol. The van der Waals surface area contributed by atoms with E-state index in [1.165, 1.54) is 0 Å². The third-order valence-corrected chi connectivity index (χ3v) is 3.17. The smallest absolute Gasteiger partial charge is 0.313 e. The van der Waals surface area contributed by atoms with Crippen molar-refractivity contribution in [3.63, 3.8) is 0 Å². The van der Waals surface area contributed by atoms with E-state index < -0.39 is 11.8 Å². The molecule has 5 nitrogen and oxygen atoms in total. The largest absolute Gasteiger partial charge is 0.497 e. The van der Waals surface area contributed by atoms with E-state index >= 15 is 0 Å². The summed E-state index contributed by atoms with van der Waals surface area (Å²) in [5.74, 6) is -0.402. The van der Waals surface area contributed by atoms with Gasteiger partial charge in [0.15, 0.2) is 0 Å². The fourth-order valence-corrected chi connectivity index (χ4v) is 2.13. The lowest BCUT2D eigenvalue weighted by molar-refractivity contribution is -0.143. The van der Waals surface area contributed by atoms with Crippen LogP contribution in [-0.4, -0.2) is 36.9 Å². The monoisotopic (exact) mass is 262 g/mol. The van der Waals surface area contributed by atoms with E-state index in [2.05, 4.69) is 5.32 Å². The normalized spacial score (nSPS) is 14.9. The highest BCUT2D eigenvalue weighted by atomic mass is 16.5. The van der Waals surface area contributed by atoms with Crippen LogP contribution in [-0.2, 0) is 9.59 Å². The number of nitrogens with one attached hydrogen (secondary N) is 1. The molecule has 0 bridgehead atoms. The predicted octanol–water partition coefficient (Wildman–Crippen LogP) is 1.65. The van der Waals surface area contributed by atoms with E-state index in [1.54, 1.807) is 36.3 Å². The van der Waals surface area contributed by atoms with Crippen LogP contribution in [0.3, 0.4) is 0 Å². The third-order valence-electron chi connectivity index (χ3n) is 3.17. The number of hydrogen-bond acceptors (Lipinski definition) is 3. The molecule has 1 aromatic carbocycles. The topological polar surface area (TPSA) is 58.6 Å². The number of anilines is 1. The number of rotatable bonds is 2. The fraction of sp³-hybridized carbons (Fsp3) is 0.429. The van der Waals surface area contributed by atoms with Crippen LogP contribution >= 0.6 is 0 Å². The molecular weight excluding hydrogens is 244 g/mol. The zero-order chi connectivity index (χ0) is 13.7. The minimum atomic E-state index is -0.588. The number of ether oxygens (including phenoxy) is 1. The van der Waals surface area contributed by atoms with Crippen LogP contribution in [0, 0.1) is 0 Å². The molecule has 1 aromatic rings. The molecule has 0 aromatic heterocycles. The summed E-state index contributed by atoms with van der Waals surface area (Å²) in [5.41, 5.74) is 0.565. The van der Waals surface area contributed by atoms with E-state index in [1.807, 2.05) is 0 Å². The Hall–Kier alpha value is -2.04. The zero-order valence-corrected chi connectivity index (χ0v) is 11.0. The van der Waals surface area contributed by atoms with E-state index in [-0.39, 0.29) is 0 Å². The van der Waals surface area contributed by atoms with Crippen LogP contribution in [0.5, 0.6) is 5.75 Å². The molecule has 1 saturated heterocycles. The Morgan fingerprint density at radius 2 is 1.95 bits per heavy atom. The molecule has 102 valence electrons. The highest BCUT2D eigenvalue weighted by Gasteiger charge is 2.23. The van der Waals surface area contributed by atoms with Crippen LogP contribution in [0.2, 0.25) is 0 Å². The van der Waals surface area contributed by atoms with Gasteiger partial charge in [-0.2, -0.15) is 0 Å². The minimum absolute atomic E-state index is 0.456. The van der Waals surface area contributed by atoms with Crippen molar-refractivity contribution in [3.05, 3.63) is 24.3 Å². The lowest BCUT2D eigenvalue weighted by Crippen LogP contribution is -2.42. The lowest BCUT2D eigenvalue weighted by Gasteiger charge is -2.25. The van der Waals surface area contributed by atoms with Gasteiger partial charge in [0.1, 0.15) is 5.75 Å². The van der Waals surface area contributed by atoms with Crippen molar-refractivity contribution < 1.29 is 14.3 Å². The summed E-state index contributed by atoms with van der Waals surface area (Å²) in [7, 11) is 1.56. The highest BCUT2D eigenvalue weighted by molar-refractivity contribution is 6.39. The van der Waals surface area contributed by atoms with E-state index in [0.29, 0.717) is 24.5 Å². The number of carbonyl (C=O) groups excluding carboxylic acids is 2. The molecule has 1 heterocycles. The summed E-state index contributed by atoms with van der Waals surface area (Å²) in [4.78, 5) is 25.4. The van der Waals surface area contributed by atoms with Crippen molar-refractivity contribution in [1.82, 2.24) is 4.90 Å². The molecule has 0 saturated carbocycles. The van der Waals surface area contributed by atoms with Crippen molar-refractivity contribution in [2.45, 2.75) is 19.3 Å². The molecule has 5 heteroatoms. The molecule has 1 N–H and O–H groups in total. The van der Waals surface area contributed by atoms with Gasteiger partial charge in [0.25, 0.3) is 0 Å². The number of likely N-dealkylation sites (tertiary alicyclic amines) is 1. The first-order valence-corrected chi connectivity index (χ1v) is 6.45.